The Morgan fingerprint density at radius 3 is 2.78 bits per heavy atom. The zero-order valence-electron chi connectivity index (χ0n) is 9.82. The first-order valence-corrected chi connectivity index (χ1v) is 7.47. The van der Waals surface area contributed by atoms with Crippen LogP contribution in [0.15, 0.2) is 34.1 Å². The van der Waals surface area contributed by atoms with Crippen LogP contribution in [0.25, 0.3) is 0 Å². The van der Waals surface area contributed by atoms with Crippen LogP contribution in [0.5, 0.6) is 5.75 Å². The van der Waals surface area contributed by atoms with E-state index in [0.29, 0.717) is 11.6 Å². The van der Waals surface area contributed by atoms with Crippen molar-refractivity contribution in [1.29, 1.82) is 0 Å². The van der Waals surface area contributed by atoms with Gasteiger partial charge in [0.05, 0.1) is 3.79 Å². The highest BCUT2D eigenvalue weighted by Crippen LogP contribution is 2.32. The van der Waals surface area contributed by atoms with Gasteiger partial charge in [0.2, 0.25) is 0 Å². The van der Waals surface area contributed by atoms with Crippen molar-refractivity contribution in [2.75, 3.05) is 6.54 Å². The lowest BCUT2D eigenvalue weighted by atomic mass is 10.2. The van der Waals surface area contributed by atoms with E-state index in [0.717, 1.165) is 20.0 Å². The number of halogens is 2. The maximum atomic E-state index is 5.98. The monoisotopic (exact) mass is 345 g/mol. The van der Waals surface area contributed by atoms with Crippen LogP contribution in [0.3, 0.4) is 0 Å². The molecule has 1 heterocycles. The molecule has 0 amide bonds. The number of aryl methyl sites for hydroxylation is 1. The van der Waals surface area contributed by atoms with E-state index in [4.69, 9.17) is 22.1 Å². The van der Waals surface area contributed by atoms with Crippen molar-refractivity contribution in [3.05, 3.63) is 49.6 Å². The average molecular weight is 347 g/mol. The molecule has 0 aliphatic heterocycles. The summed E-state index contributed by atoms with van der Waals surface area (Å²) < 4.78 is 7.03. The molecule has 18 heavy (non-hydrogen) atoms. The molecule has 2 rings (SSSR count). The summed E-state index contributed by atoms with van der Waals surface area (Å²) in [6.07, 6.45) is -0.140. The van der Waals surface area contributed by atoms with Crippen molar-refractivity contribution in [3.8, 4) is 5.75 Å². The number of hydrogen-bond acceptors (Lipinski definition) is 3. The highest BCUT2D eigenvalue weighted by Gasteiger charge is 2.15. The molecule has 0 spiro atoms. The Morgan fingerprint density at radius 2 is 2.17 bits per heavy atom. The fourth-order valence-corrected chi connectivity index (χ4v) is 3.21. The van der Waals surface area contributed by atoms with Crippen LogP contribution >= 0.6 is 38.9 Å². The number of rotatable bonds is 4. The summed E-state index contributed by atoms with van der Waals surface area (Å²) in [7, 11) is 0. The van der Waals surface area contributed by atoms with Gasteiger partial charge in [-0.05, 0) is 52.7 Å². The molecule has 5 heteroatoms. The summed E-state index contributed by atoms with van der Waals surface area (Å²) in [5, 5.41) is 0.665. The van der Waals surface area contributed by atoms with E-state index in [2.05, 4.69) is 15.9 Å². The van der Waals surface area contributed by atoms with Gasteiger partial charge in [-0.25, -0.2) is 0 Å². The molecule has 1 atom stereocenters. The Hall–Kier alpha value is -0.550. The van der Waals surface area contributed by atoms with Crippen LogP contribution in [0, 0.1) is 6.92 Å². The summed E-state index contributed by atoms with van der Waals surface area (Å²) in [6.45, 7) is 2.42. The van der Waals surface area contributed by atoms with E-state index in [1.807, 2.05) is 37.3 Å². The molecular formula is C13H13BrClNOS. The van der Waals surface area contributed by atoms with E-state index >= 15 is 0 Å². The van der Waals surface area contributed by atoms with Crippen LogP contribution in [-0.4, -0.2) is 6.54 Å². The second kappa shape index (κ2) is 6.06. The zero-order chi connectivity index (χ0) is 13.1. The molecule has 0 aliphatic rings. The molecule has 2 nitrogen and oxygen atoms in total. The van der Waals surface area contributed by atoms with E-state index in [1.54, 1.807) is 11.3 Å². The maximum absolute atomic E-state index is 5.98. The molecule has 0 aliphatic carbocycles. The molecule has 2 aromatic rings. The highest BCUT2D eigenvalue weighted by molar-refractivity contribution is 9.11. The highest BCUT2D eigenvalue weighted by atomic mass is 79.9. The predicted octanol–water partition coefficient (Wildman–Crippen LogP) is 4.55. The molecule has 0 bridgehead atoms. The van der Waals surface area contributed by atoms with Gasteiger partial charge in [-0.2, -0.15) is 0 Å². The van der Waals surface area contributed by atoms with Crippen LogP contribution < -0.4 is 10.5 Å². The van der Waals surface area contributed by atoms with Gasteiger partial charge >= 0.3 is 0 Å². The minimum absolute atomic E-state index is 0.140. The lowest BCUT2D eigenvalue weighted by molar-refractivity contribution is 0.216. The fourth-order valence-electron chi connectivity index (χ4n) is 1.58. The Bertz CT molecular complexity index is 544. The van der Waals surface area contributed by atoms with Gasteiger partial charge in [0.1, 0.15) is 11.9 Å². The Labute approximate surface area is 124 Å². The number of benzene rings is 1. The molecule has 2 N–H and O–H groups in total. The third-order valence-corrected chi connectivity index (χ3v) is 4.50. The van der Waals surface area contributed by atoms with Crippen molar-refractivity contribution in [1.82, 2.24) is 0 Å². The van der Waals surface area contributed by atoms with Crippen LogP contribution in [0.1, 0.15) is 16.5 Å². The van der Waals surface area contributed by atoms with Crippen LogP contribution in [0.2, 0.25) is 5.02 Å². The number of hydrogen-bond donors (Lipinski definition) is 1. The van der Waals surface area contributed by atoms with Gasteiger partial charge in [0, 0.05) is 16.4 Å². The average Bonchev–Trinajstić information content (AvgIpc) is 2.77. The minimum Gasteiger partial charge on any atom is -0.483 e. The smallest absolute Gasteiger partial charge is 0.145 e. The molecule has 1 aromatic carbocycles. The summed E-state index contributed by atoms with van der Waals surface area (Å²) >= 11 is 11.0. The topological polar surface area (TPSA) is 35.2 Å². The Kier molecular flexibility index (Phi) is 4.67. The number of thiophene rings is 1. The van der Waals surface area contributed by atoms with E-state index < -0.39 is 0 Å². The molecule has 96 valence electrons. The first-order valence-electron chi connectivity index (χ1n) is 5.48. The van der Waals surface area contributed by atoms with Crippen molar-refractivity contribution in [2.24, 2.45) is 5.73 Å². The Morgan fingerprint density at radius 1 is 1.39 bits per heavy atom. The number of nitrogens with two attached hydrogens (primary N) is 1. The van der Waals surface area contributed by atoms with Gasteiger partial charge in [0.15, 0.2) is 0 Å². The van der Waals surface area contributed by atoms with Crippen molar-refractivity contribution in [2.45, 2.75) is 13.0 Å². The predicted molar refractivity (Wildman–Crippen MR) is 80.6 cm³/mol. The molecule has 0 radical (unpaired) electrons. The second-order valence-corrected chi connectivity index (χ2v) is 6.82. The molecule has 0 saturated carbocycles. The molecule has 1 aromatic heterocycles. The van der Waals surface area contributed by atoms with E-state index in [1.165, 1.54) is 0 Å². The lowest BCUT2D eigenvalue weighted by Gasteiger charge is -2.17. The van der Waals surface area contributed by atoms with Crippen molar-refractivity contribution >= 4 is 38.9 Å². The largest absolute Gasteiger partial charge is 0.483 e. The molecule has 1 unspecified atom stereocenters. The normalized spacial score (nSPS) is 12.4. The first kappa shape index (κ1) is 13.9. The summed E-state index contributed by atoms with van der Waals surface area (Å²) in [5.74, 6) is 0.780. The third-order valence-electron chi connectivity index (χ3n) is 2.54. The van der Waals surface area contributed by atoms with E-state index in [9.17, 15) is 0 Å². The molecule has 0 fully saturated rings. The van der Waals surface area contributed by atoms with Crippen LogP contribution in [-0.2, 0) is 0 Å². The summed E-state index contributed by atoms with van der Waals surface area (Å²) in [5.41, 5.74) is 6.83. The van der Waals surface area contributed by atoms with Gasteiger partial charge < -0.3 is 10.5 Å². The minimum atomic E-state index is -0.140. The van der Waals surface area contributed by atoms with Crippen molar-refractivity contribution in [3.63, 3.8) is 0 Å². The zero-order valence-corrected chi connectivity index (χ0v) is 13.0. The van der Waals surface area contributed by atoms with Gasteiger partial charge in [-0.15, -0.1) is 11.3 Å². The SMILES string of the molecule is Cc1ccc(Cl)cc1OC(CN)c1ccc(Br)s1. The van der Waals surface area contributed by atoms with Gasteiger partial charge in [-0.3, -0.25) is 0 Å². The molecular weight excluding hydrogens is 334 g/mol. The Balaban J connectivity index is 2.22. The van der Waals surface area contributed by atoms with Crippen molar-refractivity contribution < 1.29 is 4.74 Å². The molecule has 0 saturated heterocycles. The van der Waals surface area contributed by atoms with Gasteiger partial charge in [-0.1, -0.05) is 17.7 Å². The lowest BCUT2D eigenvalue weighted by Crippen LogP contribution is -2.17. The van der Waals surface area contributed by atoms with Gasteiger partial charge in [0.25, 0.3) is 0 Å². The second-order valence-electron chi connectivity index (χ2n) is 3.89. The standard InChI is InChI=1S/C13H13BrClNOS/c1-8-2-3-9(15)6-10(8)17-11(7-16)12-4-5-13(14)18-12/h2-6,11H,7,16H2,1H3. The summed E-state index contributed by atoms with van der Waals surface area (Å²) in [4.78, 5) is 1.10. The van der Waals surface area contributed by atoms with Crippen LogP contribution in [0.4, 0.5) is 0 Å². The first-order chi connectivity index (χ1) is 8.60. The third kappa shape index (κ3) is 3.26. The summed E-state index contributed by atoms with van der Waals surface area (Å²) in [6, 6.07) is 9.63. The maximum Gasteiger partial charge on any atom is 0.145 e. The quantitative estimate of drug-likeness (QED) is 0.881. The fraction of sp³-hybridized carbons (Fsp3) is 0.231. The van der Waals surface area contributed by atoms with E-state index in [-0.39, 0.29) is 6.10 Å². The number of ether oxygens (including phenoxy) is 1.